The summed E-state index contributed by atoms with van der Waals surface area (Å²) in [5.41, 5.74) is 0. The Hall–Kier alpha value is -0.610. The zero-order valence-electron chi connectivity index (χ0n) is 13.0. The van der Waals surface area contributed by atoms with Crippen LogP contribution in [0.4, 0.5) is 0 Å². The van der Waals surface area contributed by atoms with Crippen LogP contribution in [0.2, 0.25) is 0 Å². The van der Waals surface area contributed by atoms with E-state index in [1.807, 2.05) is 0 Å². The first-order valence-electron chi connectivity index (χ1n) is 8.37. The SMILES string of the molecule is CCC(C)C1NC(CC)N(C2CCOC2C2CC2)C1=O. The first kappa shape index (κ1) is 14.3. The Morgan fingerprint density at radius 3 is 2.70 bits per heavy atom. The lowest BCUT2D eigenvalue weighted by molar-refractivity contribution is -0.134. The molecular formula is C16H28N2O2. The molecule has 1 amide bonds. The quantitative estimate of drug-likeness (QED) is 0.839. The van der Waals surface area contributed by atoms with Gasteiger partial charge in [-0.2, -0.15) is 0 Å². The van der Waals surface area contributed by atoms with Gasteiger partial charge in [-0.3, -0.25) is 10.1 Å². The van der Waals surface area contributed by atoms with Gasteiger partial charge in [-0.1, -0.05) is 27.2 Å². The Balaban J connectivity index is 1.77. The molecule has 4 heteroatoms. The number of hydrogen-bond acceptors (Lipinski definition) is 3. The summed E-state index contributed by atoms with van der Waals surface area (Å²) in [7, 11) is 0. The van der Waals surface area contributed by atoms with Crippen molar-refractivity contribution < 1.29 is 9.53 Å². The van der Waals surface area contributed by atoms with Crippen molar-refractivity contribution in [3.05, 3.63) is 0 Å². The van der Waals surface area contributed by atoms with Crippen LogP contribution in [0.1, 0.15) is 52.9 Å². The van der Waals surface area contributed by atoms with E-state index < -0.39 is 0 Å². The second kappa shape index (κ2) is 5.64. The molecule has 3 rings (SSSR count). The fourth-order valence-corrected chi connectivity index (χ4v) is 3.80. The topological polar surface area (TPSA) is 41.6 Å². The highest BCUT2D eigenvalue weighted by molar-refractivity contribution is 5.85. The van der Waals surface area contributed by atoms with E-state index in [9.17, 15) is 4.79 Å². The van der Waals surface area contributed by atoms with E-state index in [0.29, 0.717) is 29.9 Å². The molecule has 114 valence electrons. The molecule has 5 unspecified atom stereocenters. The predicted molar refractivity (Wildman–Crippen MR) is 78.2 cm³/mol. The van der Waals surface area contributed by atoms with Gasteiger partial charge in [0, 0.05) is 6.61 Å². The van der Waals surface area contributed by atoms with E-state index >= 15 is 0 Å². The number of rotatable bonds is 5. The highest BCUT2D eigenvalue weighted by Crippen LogP contribution is 2.41. The summed E-state index contributed by atoms with van der Waals surface area (Å²) in [5.74, 6) is 1.42. The predicted octanol–water partition coefficient (Wildman–Crippen LogP) is 2.14. The maximum Gasteiger partial charge on any atom is 0.241 e. The van der Waals surface area contributed by atoms with Crippen molar-refractivity contribution in [2.24, 2.45) is 11.8 Å². The molecule has 3 aliphatic rings. The van der Waals surface area contributed by atoms with Crippen molar-refractivity contribution in [2.45, 2.75) is 77.2 Å². The molecule has 2 saturated heterocycles. The van der Waals surface area contributed by atoms with E-state index in [1.54, 1.807) is 0 Å². The molecule has 0 aromatic rings. The summed E-state index contributed by atoms with van der Waals surface area (Å²) in [6.45, 7) is 7.32. The van der Waals surface area contributed by atoms with Crippen LogP contribution in [0.25, 0.3) is 0 Å². The third-order valence-electron chi connectivity index (χ3n) is 5.38. The molecule has 5 atom stereocenters. The number of hydrogen-bond donors (Lipinski definition) is 1. The molecule has 0 aromatic heterocycles. The van der Waals surface area contributed by atoms with Gasteiger partial charge in [-0.25, -0.2) is 0 Å². The van der Waals surface area contributed by atoms with Crippen LogP contribution in [0.5, 0.6) is 0 Å². The fraction of sp³-hybridized carbons (Fsp3) is 0.938. The first-order valence-corrected chi connectivity index (χ1v) is 8.37. The number of nitrogens with zero attached hydrogens (tertiary/aromatic N) is 1. The highest BCUT2D eigenvalue weighted by atomic mass is 16.5. The van der Waals surface area contributed by atoms with Crippen molar-refractivity contribution in [1.82, 2.24) is 10.2 Å². The minimum Gasteiger partial charge on any atom is -0.376 e. The summed E-state index contributed by atoms with van der Waals surface area (Å²) < 4.78 is 5.94. The summed E-state index contributed by atoms with van der Waals surface area (Å²) in [6.07, 6.45) is 6.09. The highest BCUT2D eigenvalue weighted by Gasteiger charge is 2.50. The summed E-state index contributed by atoms with van der Waals surface area (Å²) in [4.78, 5) is 15.0. The van der Waals surface area contributed by atoms with E-state index in [2.05, 4.69) is 31.0 Å². The van der Waals surface area contributed by atoms with Crippen LogP contribution in [-0.2, 0) is 9.53 Å². The smallest absolute Gasteiger partial charge is 0.241 e. The molecule has 2 aliphatic heterocycles. The summed E-state index contributed by atoms with van der Waals surface area (Å²) in [6, 6.07) is 0.312. The van der Waals surface area contributed by atoms with Gasteiger partial charge in [0.05, 0.1) is 24.4 Å². The Kier molecular flexibility index (Phi) is 4.04. The van der Waals surface area contributed by atoms with Crippen molar-refractivity contribution in [3.63, 3.8) is 0 Å². The third-order valence-corrected chi connectivity index (χ3v) is 5.38. The number of carbonyl (C=O) groups excluding carboxylic acids is 1. The van der Waals surface area contributed by atoms with Crippen LogP contribution < -0.4 is 5.32 Å². The zero-order chi connectivity index (χ0) is 14.3. The lowest BCUT2D eigenvalue weighted by atomic mass is 9.98. The number of amides is 1. The zero-order valence-corrected chi connectivity index (χ0v) is 13.0. The van der Waals surface area contributed by atoms with Crippen LogP contribution in [-0.4, -0.2) is 41.8 Å². The second-order valence-corrected chi connectivity index (χ2v) is 6.73. The van der Waals surface area contributed by atoms with E-state index in [1.165, 1.54) is 12.8 Å². The minimum absolute atomic E-state index is 0.00500. The lowest BCUT2D eigenvalue weighted by Gasteiger charge is -2.32. The van der Waals surface area contributed by atoms with Gasteiger partial charge in [0.1, 0.15) is 0 Å². The number of nitrogens with one attached hydrogen (secondary N) is 1. The van der Waals surface area contributed by atoms with Gasteiger partial charge in [0.15, 0.2) is 0 Å². The van der Waals surface area contributed by atoms with Gasteiger partial charge in [-0.05, 0) is 37.5 Å². The average Bonchev–Trinajstić information content (AvgIpc) is 3.10. The normalized spacial score (nSPS) is 39.5. The Labute approximate surface area is 122 Å². The molecule has 20 heavy (non-hydrogen) atoms. The van der Waals surface area contributed by atoms with Gasteiger partial charge < -0.3 is 9.64 Å². The summed E-state index contributed by atoms with van der Waals surface area (Å²) >= 11 is 0. The molecule has 1 aliphatic carbocycles. The number of carbonyl (C=O) groups is 1. The molecular weight excluding hydrogens is 252 g/mol. The Bertz CT molecular complexity index is 369. The van der Waals surface area contributed by atoms with Crippen LogP contribution in [0.3, 0.4) is 0 Å². The van der Waals surface area contributed by atoms with Crippen molar-refractivity contribution in [1.29, 1.82) is 0 Å². The molecule has 4 nitrogen and oxygen atoms in total. The Morgan fingerprint density at radius 1 is 1.35 bits per heavy atom. The Morgan fingerprint density at radius 2 is 2.10 bits per heavy atom. The van der Waals surface area contributed by atoms with Gasteiger partial charge >= 0.3 is 0 Å². The van der Waals surface area contributed by atoms with Crippen LogP contribution >= 0.6 is 0 Å². The molecule has 1 saturated carbocycles. The first-order chi connectivity index (χ1) is 9.67. The monoisotopic (exact) mass is 280 g/mol. The third kappa shape index (κ3) is 2.37. The maximum absolute atomic E-state index is 12.9. The van der Waals surface area contributed by atoms with Crippen LogP contribution in [0.15, 0.2) is 0 Å². The van der Waals surface area contributed by atoms with Crippen molar-refractivity contribution >= 4 is 5.91 Å². The van der Waals surface area contributed by atoms with Gasteiger partial charge in [0.2, 0.25) is 5.91 Å². The van der Waals surface area contributed by atoms with E-state index in [0.717, 1.165) is 25.9 Å². The van der Waals surface area contributed by atoms with E-state index in [4.69, 9.17) is 4.74 Å². The number of ether oxygens (including phenoxy) is 1. The molecule has 0 aromatic carbocycles. The molecule has 0 bridgehead atoms. The van der Waals surface area contributed by atoms with Crippen molar-refractivity contribution in [3.8, 4) is 0 Å². The van der Waals surface area contributed by atoms with Gasteiger partial charge in [-0.15, -0.1) is 0 Å². The van der Waals surface area contributed by atoms with Crippen molar-refractivity contribution in [2.75, 3.05) is 6.61 Å². The standard InChI is InChI=1S/C16H28N2O2/c1-4-10(3)14-16(19)18(13(5-2)17-14)12-8-9-20-15(12)11-6-7-11/h10-15,17H,4-9H2,1-3H3. The molecule has 1 N–H and O–H groups in total. The molecule has 0 radical (unpaired) electrons. The largest absolute Gasteiger partial charge is 0.376 e. The maximum atomic E-state index is 12.9. The molecule has 2 heterocycles. The minimum atomic E-state index is 0.00500. The lowest BCUT2D eigenvalue weighted by Crippen LogP contribution is -2.48. The fourth-order valence-electron chi connectivity index (χ4n) is 3.80. The van der Waals surface area contributed by atoms with E-state index in [-0.39, 0.29) is 12.2 Å². The van der Waals surface area contributed by atoms with Gasteiger partial charge in [0.25, 0.3) is 0 Å². The van der Waals surface area contributed by atoms with Crippen LogP contribution in [0, 0.1) is 11.8 Å². The second-order valence-electron chi connectivity index (χ2n) is 6.73. The molecule has 0 spiro atoms. The molecule has 3 fully saturated rings. The summed E-state index contributed by atoms with van der Waals surface area (Å²) in [5, 5.41) is 3.57. The average molecular weight is 280 g/mol.